The maximum Gasteiger partial charge on any atom is 0.167 e. The van der Waals surface area contributed by atoms with Crippen molar-refractivity contribution in [3.05, 3.63) is 59.7 Å². The van der Waals surface area contributed by atoms with Crippen molar-refractivity contribution in [3.63, 3.8) is 0 Å². The van der Waals surface area contributed by atoms with E-state index in [1.807, 2.05) is 36.4 Å². The van der Waals surface area contributed by atoms with Gasteiger partial charge in [-0.15, -0.1) is 0 Å². The van der Waals surface area contributed by atoms with E-state index in [1.165, 1.54) is 5.56 Å². The minimum absolute atomic E-state index is 0.154. The van der Waals surface area contributed by atoms with Gasteiger partial charge in [0.05, 0.1) is 20.3 Å². The smallest absolute Gasteiger partial charge is 0.167 e. The lowest BCUT2D eigenvalue weighted by Gasteiger charge is -2.17. The van der Waals surface area contributed by atoms with E-state index >= 15 is 0 Å². The van der Waals surface area contributed by atoms with Gasteiger partial charge in [0.2, 0.25) is 0 Å². The Labute approximate surface area is 142 Å². The molecule has 122 valence electrons. The van der Waals surface area contributed by atoms with Crippen LogP contribution in [0.25, 0.3) is 0 Å². The zero-order valence-electron chi connectivity index (χ0n) is 13.6. The Morgan fingerprint density at radius 1 is 1.04 bits per heavy atom. The van der Waals surface area contributed by atoms with Gasteiger partial charge in [-0.25, -0.2) is 0 Å². The number of hydrogen-bond acceptors (Lipinski definition) is 3. The van der Waals surface area contributed by atoms with Crippen LogP contribution in [0.4, 0.5) is 0 Å². The molecule has 0 radical (unpaired) electrons. The summed E-state index contributed by atoms with van der Waals surface area (Å²) in [6.45, 7) is 2.70. The Morgan fingerprint density at radius 3 is 2.39 bits per heavy atom. The molecule has 0 heterocycles. The fourth-order valence-electron chi connectivity index (χ4n) is 2.25. The molecule has 0 bridgehead atoms. The lowest BCUT2D eigenvalue weighted by Crippen LogP contribution is -2.36. The predicted octanol–water partition coefficient (Wildman–Crippen LogP) is 3.43. The molecule has 2 aromatic rings. The molecular weight excluding hydrogens is 308 g/mol. The molecule has 0 amide bonds. The topological polar surface area (TPSA) is 42.5 Å². The van der Waals surface area contributed by atoms with Gasteiger partial charge in [-0.3, -0.25) is 0 Å². The van der Waals surface area contributed by atoms with Crippen molar-refractivity contribution in [1.82, 2.24) is 10.6 Å². The van der Waals surface area contributed by atoms with E-state index in [1.54, 1.807) is 14.2 Å². The quantitative estimate of drug-likeness (QED) is 0.794. The normalized spacial score (nSPS) is 11.4. The third-order valence-electron chi connectivity index (χ3n) is 3.55. The monoisotopic (exact) mass is 330 g/mol. The zero-order chi connectivity index (χ0) is 16.7. The van der Waals surface area contributed by atoms with Crippen molar-refractivity contribution < 1.29 is 9.47 Å². The van der Waals surface area contributed by atoms with Crippen LogP contribution in [0.15, 0.2) is 48.5 Å². The van der Waals surface area contributed by atoms with Crippen LogP contribution in [0.5, 0.6) is 11.5 Å². The third kappa shape index (κ3) is 4.86. The van der Waals surface area contributed by atoms with Crippen LogP contribution in [0.1, 0.15) is 24.1 Å². The summed E-state index contributed by atoms with van der Waals surface area (Å²) in [5.74, 6) is 1.43. The molecule has 2 rings (SSSR count). The molecule has 0 fully saturated rings. The Kier molecular flexibility index (Phi) is 6.23. The van der Waals surface area contributed by atoms with Gasteiger partial charge < -0.3 is 20.1 Å². The highest BCUT2D eigenvalue weighted by Crippen LogP contribution is 2.27. The summed E-state index contributed by atoms with van der Waals surface area (Å²) in [5.41, 5.74) is 2.27. The van der Waals surface area contributed by atoms with Gasteiger partial charge in [-0.1, -0.05) is 36.4 Å². The molecule has 2 aromatic carbocycles. The number of methoxy groups -OCH3 is 2. The number of benzene rings is 2. The molecule has 5 heteroatoms. The maximum absolute atomic E-state index is 5.36. The molecule has 0 saturated carbocycles. The molecule has 0 aliphatic heterocycles. The van der Waals surface area contributed by atoms with Gasteiger partial charge in [-0.2, -0.15) is 0 Å². The Balaban J connectivity index is 1.89. The van der Waals surface area contributed by atoms with E-state index in [9.17, 15) is 0 Å². The van der Waals surface area contributed by atoms with Gasteiger partial charge in [0.15, 0.2) is 16.6 Å². The Bertz CT molecular complexity index is 647. The van der Waals surface area contributed by atoms with Crippen LogP contribution >= 0.6 is 12.2 Å². The standard InChI is InChI=1S/C18H22N2O2S/c1-13(15-7-5-4-6-8-15)20-18(23)19-12-14-9-10-16(21-2)17(11-14)22-3/h4-11,13H,12H2,1-3H3,(H2,19,20,23). The van der Waals surface area contributed by atoms with Crippen LogP contribution in [0.2, 0.25) is 0 Å². The summed E-state index contributed by atoms with van der Waals surface area (Å²) >= 11 is 5.36. The van der Waals surface area contributed by atoms with E-state index in [-0.39, 0.29) is 6.04 Å². The molecule has 23 heavy (non-hydrogen) atoms. The second kappa shape index (κ2) is 8.39. The molecule has 0 aromatic heterocycles. The zero-order valence-corrected chi connectivity index (χ0v) is 14.4. The van der Waals surface area contributed by atoms with Crippen LogP contribution in [0.3, 0.4) is 0 Å². The molecule has 1 unspecified atom stereocenters. The van der Waals surface area contributed by atoms with E-state index in [2.05, 4.69) is 29.7 Å². The van der Waals surface area contributed by atoms with Gasteiger partial charge >= 0.3 is 0 Å². The highest BCUT2D eigenvalue weighted by atomic mass is 32.1. The first kappa shape index (κ1) is 17.1. The first-order valence-electron chi connectivity index (χ1n) is 7.44. The van der Waals surface area contributed by atoms with Crippen molar-refractivity contribution in [1.29, 1.82) is 0 Å². The van der Waals surface area contributed by atoms with Crippen molar-refractivity contribution in [3.8, 4) is 11.5 Å². The highest BCUT2D eigenvalue weighted by molar-refractivity contribution is 7.80. The van der Waals surface area contributed by atoms with Crippen molar-refractivity contribution in [2.45, 2.75) is 19.5 Å². The molecule has 0 aliphatic rings. The molecule has 0 spiro atoms. The largest absolute Gasteiger partial charge is 0.493 e. The summed E-state index contributed by atoms with van der Waals surface area (Å²) in [4.78, 5) is 0. The molecular formula is C18H22N2O2S. The van der Waals surface area contributed by atoms with E-state index in [0.29, 0.717) is 17.4 Å². The summed E-state index contributed by atoms with van der Waals surface area (Å²) in [7, 11) is 3.25. The van der Waals surface area contributed by atoms with E-state index in [4.69, 9.17) is 21.7 Å². The average molecular weight is 330 g/mol. The third-order valence-corrected chi connectivity index (χ3v) is 3.81. The van der Waals surface area contributed by atoms with Gasteiger partial charge in [0.1, 0.15) is 0 Å². The maximum atomic E-state index is 5.36. The lowest BCUT2D eigenvalue weighted by atomic mass is 10.1. The van der Waals surface area contributed by atoms with Crippen molar-refractivity contribution in [2.75, 3.05) is 14.2 Å². The van der Waals surface area contributed by atoms with Crippen LogP contribution in [-0.4, -0.2) is 19.3 Å². The molecule has 4 nitrogen and oxygen atoms in total. The predicted molar refractivity (Wildman–Crippen MR) is 97.0 cm³/mol. The molecule has 1 atom stereocenters. The number of thiocarbonyl (C=S) groups is 1. The molecule has 0 saturated heterocycles. The molecule has 0 aliphatic carbocycles. The first-order valence-corrected chi connectivity index (χ1v) is 7.85. The van der Waals surface area contributed by atoms with Crippen LogP contribution < -0.4 is 20.1 Å². The van der Waals surface area contributed by atoms with Crippen molar-refractivity contribution >= 4 is 17.3 Å². The SMILES string of the molecule is COc1ccc(CNC(=S)NC(C)c2ccccc2)cc1OC. The van der Waals surface area contributed by atoms with E-state index < -0.39 is 0 Å². The number of ether oxygens (including phenoxy) is 2. The van der Waals surface area contributed by atoms with Gasteiger partial charge in [0.25, 0.3) is 0 Å². The second-order valence-corrected chi connectivity index (χ2v) is 5.56. The first-order chi connectivity index (χ1) is 11.1. The minimum Gasteiger partial charge on any atom is -0.493 e. The fourth-order valence-corrected chi connectivity index (χ4v) is 2.49. The minimum atomic E-state index is 0.154. The molecule has 2 N–H and O–H groups in total. The van der Waals surface area contributed by atoms with Crippen molar-refractivity contribution in [2.24, 2.45) is 0 Å². The second-order valence-electron chi connectivity index (χ2n) is 5.15. The summed E-state index contributed by atoms with van der Waals surface area (Å²) < 4.78 is 10.5. The Hall–Kier alpha value is -2.27. The lowest BCUT2D eigenvalue weighted by molar-refractivity contribution is 0.354. The van der Waals surface area contributed by atoms with E-state index in [0.717, 1.165) is 11.3 Å². The Morgan fingerprint density at radius 2 is 1.74 bits per heavy atom. The summed E-state index contributed by atoms with van der Waals surface area (Å²) in [5, 5.41) is 7.12. The average Bonchev–Trinajstić information content (AvgIpc) is 2.60. The van der Waals surface area contributed by atoms with Crippen LogP contribution in [0, 0.1) is 0 Å². The van der Waals surface area contributed by atoms with Gasteiger partial charge in [0, 0.05) is 6.54 Å². The number of nitrogens with one attached hydrogen (secondary N) is 2. The number of hydrogen-bond donors (Lipinski definition) is 2. The van der Waals surface area contributed by atoms with Crippen LogP contribution in [-0.2, 0) is 6.54 Å². The summed E-state index contributed by atoms with van der Waals surface area (Å²) in [6.07, 6.45) is 0. The highest BCUT2D eigenvalue weighted by Gasteiger charge is 2.07. The number of rotatable bonds is 6. The fraction of sp³-hybridized carbons (Fsp3) is 0.278. The summed E-state index contributed by atoms with van der Waals surface area (Å²) in [6, 6.07) is 16.2. The van der Waals surface area contributed by atoms with Gasteiger partial charge in [-0.05, 0) is 42.4 Å².